The van der Waals surface area contributed by atoms with E-state index < -0.39 is 5.60 Å². The molecule has 3 nitrogen and oxygen atoms in total. The molecular formula is C28H38O3S. The van der Waals surface area contributed by atoms with Gasteiger partial charge in [-0.1, -0.05) is 43.7 Å². The molecule has 5 rings (SSSR count). The van der Waals surface area contributed by atoms with E-state index in [1.54, 1.807) is 11.8 Å². The highest BCUT2D eigenvalue weighted by atomic mass is 32.2. The third-order valence-electron chi connectivity index (χ3n) is 10.0. The molecule has 4 aliphatic carbocycles. The topological polar surface area (TPSA) is 57.5 Å². The van der Waals surface area contributed by atoms with E-state index >= 15 is 0 Å². The molecule has 0 aliphatic heterocycles. The summed E-state index contributed by atoms with van der Waals surface area (Å²) in [5.74, 6) is 2.38. The first kappa shape index (κ1) is 22.7. The van der Waals surface area contributed by atoms with Gasteiger partial charge in [0.25, 0.3) is 0 Å². The van der Waals surface area contributed by atoms with Crippen LogP contribution in [0.25, 0.3) is 0 Å². The van der Waals surface area contributed by atoms with Gasteiger partial charge in [-0.2, -0.15) is 0 Å². The van der Waals surface area contributed by atoms with Crippen molar-refractivity contribution in [3.8, 4) is 0 Å². The normalized spacial score (nSPS) is 43.1. The highest BCUT2D eigenvalue weighted by molar-refractivity contribution is 7.99. The molecule has 7 atom stereocenters. The number of carbonyl (C=O) groups excluding carboxylic acids is 1. The van der Waals surface area contributed by atoms with Crippen LogP contribution in [-0.2, 0) is 4.79 Å². The second-order valence-electron chi connectivity index (χ2n) is 11.3. The van der Waals surface area contributed by atoms with Gasteiger partial charge in [0.05, 0.1) is 6.10 Å². The highest BCUT2D eigenvalue weighted by Crippen LogP contribution is 2.67. The molecular weight excluding hydrogens is 416 g/mol. The Morgan fingerprint density at radius 2 is 1.81 bits per heavy atom. The number of ketones is 1. The molecule has 32 heavy (non-hydrogen) atoms. The molecule has 1 aromatic rings. The van der Waals surface area contributed by atoms with Gasteiger partial charge in [-0.05, 0) is 86.7 Å². The summed E-state index contributed by atoms with van der Waals surface area (Å²) in [4.78, 5) is 14.6. The van der Waals surface area contributed by atoms with Gasteiger partial charge in [0, 0.05) is 22.5 Å². The number of aliphatic hydroxyl groups excluding tert-OH is 1. The minimum Gasteiger partial charge on any atom is -0.393 e. The Bertz CT molecular complexity index is 897. The molecule has 0 amide bonds. The molecule has 174 valence electrons. The number of thioether (sulfide) groups is 1. The third kappa shape index (κ3) is 3.44. The van der Waals surface area contributed by atoms with Gasteiger partial charge in [0.1, 0.15) is 5.60 Å². The minimum absolute atomic E-state index is 0.0587. The molecule has 3 saturated carbocycles. The van der Waals surface area contributed by atoms with Gasteiger partial charge in [0.2, 0.25) is 0 Å². The summed E-state index contributed by atoms with van der Waals surface area (Å²) in [7, 11) is 0. The Morgan fingerprint density at radius 1 is 1.06 bits per heavy atom. The highest BCUT2D eigenvalue weighted by Gasteiger charge is 2.65. The van der Waals surface area contributed by atoms with Gasteiger partial charge in [-0.15, -0.1) is 11.8 Å². The van der Waals surface area contributed by atoms with E-state index in [9.17, 15) is 15.0 Å². The molecule has 3 fully saturated rings. The van der Waals surface area contributed by atoms with Crippen LogP contribution in [0.3, 0.4) is 0 Å². The van der Waals surface area contributed by atoms with Crippen LogP contribution in [0.5, 0.6) is 0 Å². The summed E-state index contributed by atoms with van der Waals surface area (Å²) < 4.78 is 0. The summed E-state index contributed by atoms with van der Waals surface area (Å²) in [5, 5.41) is 22.0. The van der Waals surface area contributed by atoms with E-state index in [4.69, 9.17) is 0 Å². The van der Waals surface area contributed by atoms with Gasteiger partial charge in [0.15, 0.2) is 5.78 Å². The molecule has 0 radical (unpaired) electrons. The van der Waals surface area contributed by atoms with Crippen LogP contribution >= 0.6 is 11.8 Å². The molecule has 0 saturated heterocycles. The maximum atomic E-state index is 13.4. The van der Waals surface area contributed by atoms with Crippen molar-refractivity contribution in [2.24, 2.45) is 28.6 Å². The van der Waals surface area contributed by atoms with Crippen molar-refractivity contribution in [3.63, 3.8) is 0 Å². The van der Waals surface area contributed by atoms with E-state index in [1.165, 1.54) is 10.5 Å². The molecule has 0 bridgehead atoms. The SMILES string of the molecule is CC12CCC(O)CC1=CCC1C2CCC2(C)C1CCC2(O)C(=O)CCSc1ccccc1. The number of hydrogen-bond acceptors (Lipinski definition) is 4. The van der Waals surface area contributed by atoms with Crippen molar-refractivity contribution in [1.29, 1.82) is 0 Å². The van der Waals surface area contributed by atoms with Crippen LogP contribution < -0.4 is 0 Å². The predicted octanol–water partition coefficient (Wildman–Crippen LogP) is 5.79. The fourth-order valence-electron chi connectivity index (χ4n) is 8.10. The maximum Gasteiger partial charge on any atom is 0.165 e. The Labute approximate surface area is 197 Å². The smallest absolute Gasteiger partial charge is 0.165 e. The first-order chi connectivity index (χ1) is 15.3. The van der Waals surface area contributed by atoms with Crippen LogP contribution in [0.4, 0.5) is 0 Å². The largest absolute Gasteiger partial charge is 0.393 e. The Kier molecular flexibility index (Phi) is 5.87. The lowest BCUT2D eigenvalue weighted by atomic mass is 9.46. The predicted molar refractivity (Wildman–Crippen MR) is 129 cm³/mol. The Hall–Kier alpha value is -1.10. The zero-order valence-electron chi connectivity index (χ0n) is 19.6. The van der Waals surface area contributed by atoms with Gasteiger partial charge >= 0.3 is 0 Å². The van der Waals surface area contributed by atoms with Crippen molar-refractivity contribution in [1.82, 2.24) is 0 Å². The fourth-order valence-corrected chi connectivity index (χ4v) is 8.97. The number of rotatable bonds is 5. The number of benzene rings is 1. The molecule has 0 aromatic heterocycles. The molecule has 1 aromatic carbocycles. The lowest BCUT2D eigenvalue weighted by Crippen LogP contribution is -2.57. The standard InChI is InChI=1S/C28H38O3S/c1-26-14-10-20(29)18-19(26)8-9-22-23(26)11-15-27(2)24(22)12-16-28(27,31)25(30)13-17-32-21-6-4-3-5-7-21/h3-8,20,22-24,29,31H,9-18H2,1-2H3. The van der Waals surface area contributed by atoms with Gasteiger partial charge in [-0.3, -0.25) is 4.79 Å². The van der Waals surface area contributed by atoms with Crippen LogP contribution in [0.2, 0.25) is 0 Å². The van der Waals surface area contributed by atoms with Crippen LogP contribution in [-0.4, -0.2) is 33.5 Å². The molecule has 2 N–H and O–H groups in total. The second kappa shape index (κ2) is 8.29. The summed E-state index contributed by atoms with van der Waals surface area (Å²) in [5.41, 5.74) is 0.190. The molecule has 4 aliphatic rings. The molecule has 0 spiro atoms. The number of aliphatic hydroxyl groups is 2. The van der Waals surface area contributed by atoms with E-state index in [0.717, 1.165) is 50.7 Å². The average Bonchev–Trinajstić information content (AvgIpc) is 3.07. The monoisotopic (exact) mass is 454 g/mol. The number of hydrogen-bond donors (Lipinski definition) is 2. The number of carbonyl (C=O) groups is 1. The third-order valence-corrected chi connectivity index (χ3v) is 11.0. The number of fused-ring (bicyclic) bond motifs is 5. The lowest BCUT2D eigenvalue weighted by molar-refractivity contribution is -0.161. The van der Waals surface area contributed by atoms with E-state index in [1.807, 2.05) is 18.2 Å². The molecule has 4 heteroatoms. The van der Waals surface area contributed by atoms with Crippen LogP contribution in [0.15, 0.2) is 46.9 Å². The summed E-state index contributed by atoms with van der Waals surface area (Å²) >= 11 is 1.70. The summed E-state index contributed by atoms with van der Waals surface area (Å²) in [6.07, 6.45) is 10.2. The van der Waals surface area contributed by atoms with Gasteiger partial charge < -0.3 is 10.2 Å². The van der Waals surface area contributed by atoms with E-state index in [-0.39, 0.29) is 22.7 Å². The van der Waals surface area contributed by atoms with E-state index in [0.29, 0.717) is 30.6 Å². The second-order valence-corrected chi connectivity index (χ2v) is 12.5. The van der Waals surface area contributed by atoms with Crippen LogP contribution in [0, 0.1) is 28.6 Å². The quantitative estimate of drug-likeness (QED) is 0.436. The van der Waals surface area contributed by atoms with Crippen LogP contribution in [0.1, 0.15) is 71.6 Å². The lowest BCUT2D eigenvalue weighted by Gasteiger charge is -2.58. The zero-order chi connectivity index (χ0) is 22.6. The maximum absolute atomic E-state index is 13.4. The summed E-state index contributed by atoms with van der Waals surface area (Å²) in [6, 6.07) is 10.2. The van der Waals surface area contributed by atoms with Crippen molar-refractivity contribution in [2.45, 2.75) is 88.2 Å². The number of Topliss-reactive ketones (excluding diaryl/α,β-unsaturated/α-hetero) is 1. The van der Waals surface area contributed by atoms with Crippen molar-refractivity contribution in [3.05, 3.63) is 42.0 Å². The Morgan fingerprint density at radius 3 is 2.59 bits per heavy atom. The van der Waals surface area contributed by atoms with E-state index in [2.05, 4.69) is 32.1 Å². The first-order valence-corrected chi connectivity index (χ1v) is 13.6. The minimum atomic E-state index is -1.17. The zero-order valence-corrected chi connectivity index (χ0v) is 20.4. The molecule has 7 unspecified atom stereocenters. The fraction of sp³-hybridized carbons (Fsp3) is 0.679. The Balaban J connectivity index is 1.31. The average molecular weight is 455 g/mol. The van der Waals surface area contributed by atoms with Crippen molar-refractivity contribution < 1.29 is 15.0 Å². The summed E-state index contributed by atoms with van der Waals surface area (Å²) in [6.45, 7) is 4.65. The van der Waals surface area contributed by atoms with Crippen molar-refractivity contribution >= 4 is 17.5 Å². The first-order valence-electron chi connectivity index (χ1n) is 12.6. The molecule has 0 heterocycles. The van der Waals surface area contributed by atoms with Crippen molar-refractivity contribution in [2.75, 3.05) is 5.75 Å². The van der Waals surface area contributed by atoms with Gasteiger partial charge in [-0.25, -0.2) is 0 Å². The number of allylic oxidation sites excluding steroid dienone is 1.